The third-order valence-corrected chi connectivity index (χ3v) is 24.0. The zero-order valence-corrected chi connectivity index (χ0v) is 25.7. The van der Waals surface area contributed by atoms with Gasteiger partial charge in [-0.2, -0.15) is 0 Å². The van der Waals surface area contributed by atoms with Crippen LogP contribution < -0.4 is 23.2 Å². The summed E-state index contributed by atoms with van der Waals surface area (Å²) < 4.78 is 9.08. The average molecular weight is 658 g/mol. The van der Waals surface area contributed by atoms with Crippen molar-refractivity contribution in [2.24, 2.45) is 0 Å². The molecule has 0 nitrogen and oxygen atoms in total. The number of hydrogen-bond donors (Lipinski definition) is 0. The first-order valence-electron chi connectivity index (χ1n) is 13.3. The molecular weight excluding hydrogens is 630 g/mol. The Morgan fingerprint density at radius 2 is 0.868 bits per heavy atom. The van der Waals surface area contributed by atoms with Gasteiger partial charge in [0.2, 0.25) is 0 Å². The fourth-order valence-corrected chi connectivity index (χ4v) is 23.2. The quantitative estimate of drug-likeness (QED) is 0.238. The molecule has 182 valence electrons. The summed E-state index contributed by atoms with van der Waals surface area (Å²) in [6.45, 7) is 0. The molecule has 0 amide bonds. The van der Waals surface area contributed by atoms with Crippen molar-refractivity contribution in [1.82, 2.24) is 0 Å². The van der Waals surface area contributed by atoms with E-state index in [1.807, 2.05) is 0 Å². The van der Waals surface area contributed by atoms with E-state index in [1.54, 1.807) is 14.4 Å². The molecule has 0 aromatic heterocycles. The molecule has 0 saturated heterocycles. The topological polar surface area (TPSA) is 0 Å². The number of benzene rings is 6. The van der Waals surface area contributed by atoms with Gasteiger partial charge in [-0.1, -0.05) is 0 Å². The summed E-state index contributed by atoms with van der Waals surface area (Å²) in [6.07, 6.45) is 2.30. The Balaban J connectivity index is 1.64. The van der Waals surface area contributed by atoms with Gasteiger partial charge in [0, 0.05) is 0 Å². The van der Waals surface area contributed by atoms with Crippen molar-refractivity contribution in [1.29, 1.82) is 0 Å². The molecule has 2 heteroatoms. The minimum absolute atomic E-state index is 0.234. The van der Waals surface area contributed by atoms with Crippen molar-refractivity contribution in [3.05, 3.63) is 157 Å². The number of hydrogen-bond acceptors (Lipinski definition) is 0. The van der Waals surface area contributed by atoms with Crippen molar-refractivity contribution in [2.75, 3.05) is 0 Å². The molecule has 0 bridgehead atoms. The molecule has 0 atom stereocenters. The van der Waals surface area contributed by atoms with E-state index >= 15 is 0 Å². The first kappa shape index (κ1) is 24.0. The summed E-state index contributed by atoms with van der Waals surface area (Å²) in [7, 11) is 0. The maximum atomic E-state index is 2.54. The van der Waals surface area contributed by atoms with Crippen molar-refractivity contribution in [3.8, 4) is 0 Å². The molecule has 0 saturated carbocycles. The molecule has 6 aromatic rings. The molecular formula is C36H28SeSn. The molecule has 38 heavy (non-hydrogen) atoms. The van der Waals surface area contributed by atoms with Crippen LogP contribution >= 0.6 is 0 Å². The van der Waals surface area contributed by atoms with Gasteiger partial charge >= 0.3 is 237 Å². The zero-order chi connectivity index (χ0) is 25.4. The first-order valence-corrected chi connectivity index (χ1v) is 20.8. The van der Waals surface area contributed by atoms with Crippen LogP contribution in [-0.4, -0.2) is 33.3 Å². The van der Waals surface area contributed by atoms with E-state index in [0.29, 0.717) is 0 Å². The summed E-state index contributed by atoms with van der Waals surface area (Å²) in [5, 5.41) is 3.09. The van der Waals surface area contributed by atoms with Gasteiger partial charge in [0.15, 0.2) is 0 Å². The summed E-state index contributed by atoms with van der Waals surface area (Å²) in [5.74, 6) is 0. The van der Waals surface area contributed by atoms with Crippen LogP contribution in [0.2, 0.25) is 0 Å². The number of aryl methyl sites for hydroxylation is 2. The third kappa shape index (κ3) is 3.96. The second kappa shape index (κ2) is 10.2. The fraction of sp³-hybridized carbons (Fsp3) is 0.0556. The van der Waals surface area contributed by atoms with Gasteiger partial charge in [0.25, 0.3) is 0 Å². The summed E-state index contributed by atoms with van der Waals surface area (Å²) in [6, 6.07) is 55.3. The molecule has 0 spiro atoms. The summed E-state index contributed by atoms with van der Waals surface area (Å²) in [5.41, 5.74) is 3.05. The van der Waals surface area contributed by atoms with E-state index in [2.05, 4.69) is 146 Å². The Labute approximate surface area is 235 Å². The Hall–Kier alpha value is -3.10. The van der Waals surface area contributed by atoms with Crippen LogP contribution in [0.15, 0.2) is 146 Å². The van der Waals surface area contributed by atoms with Crippen LogP contribution in [0, 0.1) is 0 Å². The van der Waals surface area contributed by atoms with Crippen LogP contribution in [0.4, 0.5) is 0 Å². The first-order chi connectivity index (χ1) is 18.9. The Bertz CT molecular complexity index is 1610. The summed E-state index contributed by atoms with van der Waals surface area (Å²) in [4.78, 5) is 0. The van der Waals surface area contributed by atoms with E-state index < -0.39 is 18.4 Å². The third-order valence-electron chi connectivity index (χ3n) is 7.95. The normalized spacial score (nSPS) is 12.6. The van der Waals surface area contributed by atoms with Crippen LogP contribution in [0.5, 0.6) is 0 Å². The van der Waals surface area contributed by atoms with Crippen LogP contribution in [0.1, 0.15) is 11.1 Å². The van der Waals surface area contributed by atoms with E-state index in [9.17, 15) is 0 Å². The second-order valence-electron chi connectivity index (χ2n) is 10.0. The molecule has 0 aliphatic heterocycles. The Kier molecular flexibility index (Phi) is 6.45. The van der Waals surface area contributed by atoms with Crippen molar-refractivity contribution in [2.45, 2.75) is 12.8 Å². The van der Waals surface area contributed by atoms with Gasteiger partial charge in [-0.15, -0.1) is 0 Å². The molecule has 1 aliphatic rings. The molecule has 0 heterocycles. The van der Waals surface area contributed by atoms with E-state index in [0.717, 1.165) is 12.8 Å². The molecule has 0 N–H and O–H groups in total. The van der Waals surface area contributed by atoms with Crippen LogP contribution in [0.25, 0.3) is 10.8 Å². The molecule has 1 aliphatic carbocycles. The van der Waals surface area contributed by atoms with Gasteiger partial charge in [0.05, 0.1) is 0 Å². The van der Waals surface area contributed by atoms with Crippen LogP contribution in [0.3, 0.4) is 0 Å². The van der Waals surface area contributed by atoms with Crippen molar-refractivity contribution >= 4 is 67.3 Å². The van der Waals surface area contributed by atoms with Gasteiger partial charge in [-0.05, 0) is 0 Å². The zero-order valence-electron chi connectivity index (χ0n) is 21.2. The van der Waals surface area contributed by atoms with E-state index in [1.165, 1.54) is 30.8 Å². The molecule has 0 fully saturated rings. The van der Waals surface area contributed by atoms with Gasteiger partial charge < -0.3 is 0 Å². The maximum absolute atomic E-state index is 3.74. The summed E-state index contributed by atoms with van der Waals surface area (Å²) >= 11 is -3.50. The monoisotopic (exact) mass is 660 g/mol. The van der Waals surface area contributed by atoms with Crippen LogP contribution in [-0.2, 0) is 12.8 Å². The molecule has 0 radical (unpaired) electrons. The minimum atomic E-state index is -3.74. The van der Waals surface area contributed by atoms with Gasteiger partial charge in [-0.3, -0.25) is 0 Å². The molecule has 0 unspecified atom stereocenters. The predicted molar refractivity (Wildman–Crippen MR) is 166 cm³/mol. The fourth-order valence-electron chi connectivity index (χ4n) is 6.34. The second-order valence-corrected chi connectivity index (χ2v) is 23.1. The number of rotatable bonds is 6. The SMILES string of the molecule is c1ccc([Se]c2ccc3c4c(cc[c]([Sn]([c]5ccccc5)([c]5ccccc5)[c]5ccccc5)c24)CC3)cc1. The molecule has 7 rings (SSSR count). The predicted octanol–water partition coefficient (Wildman–Crippen LogP) is 3.97. The van der Waals surface area contributed by atoms with Crippen molar-refractivity contribution < 1.29 is 0 Å². The Morgan fingerprint density at radius 1 is 0.421 bits per heavy atom. The standard InChI is InChI=1S/C18H13Se.3C6H5.Sn/c1-2-6-15(7-3-1)19-17-12-11-14-10-9-13-5-4-8-16(17)18(13)14;3*1-2-4-6-5-3-1;/h1-7,11-12H,9-10H2;3*1-5H;. The Morgan fingerprint density at radius 3 is 1.37 bits per heavy atom. The molecule has 6 aromatic carbocycles. The van der Waals surface area contributed by atoms with E-state index in [4.69, 9.17) is 0 Å². The van der Waals surface area contributed by atoms with Gasteiger partial charge in [-0.25, -0.2) is 0 Å². The average Bonchev–Trinajstić information content (AvgIpc) is 3.42. The van der Waals surface area contributed by atoms with Crippen molar-refractivity contribution in [3.63, 3.8) is 0 Å². The van der Waals surface area contributed by atoms with Gasteiger partial charge in [0.1, 0.15) is 0 Å². The van der Waals surface area contributed by atoms with E-state index in [-0.39, 0.29) is 15.0 Å².